The summed E-state index contributed by atoms with van der Waals surface area (Å²) >= 11 is 0. The fourth-order valence-electron chi connectivity index (χ4n) is 9.28. The Morgan fingerprint density at radius 3 is 0.711 bits per heavy atom. The van der Waals surface area contributed by atoms with E-state index in [0.29, 0.717) is 38.8 Å². The summed E-state index contributed by atoms with van der Waals surface area (Å²) in [5.41, 5.74) is 0. The maximum atomic E-state index is 12.3. The van der Waals surface area contributed by atoms with Gasteiger partial charge in [-0.15, -0.1) is 0 Å². The molecule has 0 atom stereocenters. The first kappa shape index (κ1) is 97.0. The molecule has 0 saturated heterocycles. The molecule has 0 aromatic rings. The van der Waals surface area contributed by atoms with Gasteiger partial charge < -0.3 is 123 Å². The zero-order chi connectivity index (χ0) is 58.9. The molecule has 83 heavy (non-hydrogen) atoms. The fraction of sp³-hybridized carbons (Fsp3) is 0.770. The lowest BCUT2D eigenvalue weighted by Gasteiger charge is -2.31. The first-order valence-electron chi connectivity index (χ1n) is 29.5. The molecule has 0 saturated carbocycles. The highest BCUT2D eigenvalue weighted by molar-refractivity contribution is 5.89. The van der Waals surface area contributed by atoms with E-state index in [1.807, 2.05) is 0 Å². The van der Waals surface area contributed by atoms with Crippen molar-refractivity contribution in [1.82, 2.24) is 21.3 Å². The van der Waals surface area contributed by atoms with Crippen LogP contribution in [0.4, 0.5) is 0 Å². The molecule has 0 spiro atoms. The van der Waals surface area contributed by atoms with Gasteiger partial charge in [0.2, 0.25) is 23.6 Å². The van der Waals surface area contributed by atoms with E-state index >= 15 is 0 Å². The Morgan fingerprint density at radius 2 is 0.470 bits per heavy atom. The largest absolute Gasteiger partial charge is 1.00 e. The molecule has 0 bridgehead atoms. The summed E-state index contributed by atoms with van der Waals surface area (Å²) in [6, 6.07) is 0. The molecular formula is C61H122Cl6N10O6. The summed E-state index contributed by atoms with van der Waals surface area (Å²) in [4.78, 5) is 69.7. The third-order valence-electron chi connectivity index (χ3n) is 14.9. The van der Waals surface area contributed by atoms with Crippen LogP contribution in [0.25, 0.3) is 0 Å². The molecule has 0 aliphatic heterocycles. The highest BCUT2D eigenvalue weighted by Gasteiger charge is 2.21. The minimum absolute atomic E-state index is 0. The van der Waals surface area contributed by atoms with Gasteiger partial charge in [0.1, 0.15) is 0 Å². The second-order valence-electron chi connectivity index (χ2n) is 25.6. The van der Waals surface area contributed by atoms with E-state index in [1.54, 1.807) is 0 Å². The average Bonchev–Trinajstić information content (AvgIpc) is 3.36. The van der Waals surface area contributed by atoms with Crippen molar-refractivity contribution in [1.29, 1.82) is 0 Å². The Hall–Kier alpha value is -2.32. The predicted octanol–water partition coefficient (Wildman–Crippen LogP) is -11.8. The van der Waals surface area contributed by atoms with Crippen molar-refractivity contribution < 1.29 is 130 Å². The van der Waals surface area contributed by atoms with Crippen molar-refractivity contribution in [2.45, 2.75) is 122 Å². The zero-order valence-electron chi connectivity index (χ0n) is 54.3. The maximum Gasteiger partial charge on any atom is 0.243 e. The topological polar surface area (TPSA) is 151 Å². The lowest BCUT2D eigenvalue weighted by Crippen LogP contribution is -3.00. The molecule has 16 nitrogen and oxygen atoms in total. The number of allylic oxidation sites excluding steroid dienone is 2. The Morgan fingerprint density at radius 1 is 0.265 bits per heavy atom. The number of hydrogen-bond donors (Lipinski definition) is 4. The van der Waals surface area contributed by atoms with Crippen molar-refractivity contribution in [3.05, 3.63) is 50.6 Å². The number of ketones is 2. The highest BCUT2D eigenvalue weighted by atomic mass is 35.5. The molecule has 0 heterocycles. The first-order valence-corrected chi connectivity index (χ1v) is 29.5. The Bertz CT molecular complexity index is 1750. The summed E-state index contributed by atoms with van der Waals surface area (Å²) in [6.07, 6.45) is 24.2. The van der Waals surface area contributed by atoms with Gasteiger partial charge in [0, 0.05) is 64.7 Å². The van der Waals surface area contributed by atoms with Crippen molar-refractivity contribution in [2.75, 3.05) is 189 Å². The van der Waals surface area contributed by atoms with Crippen molar-refractivity contribution in [2.24, 2.45) is 0 Å². The summed E-state index contributed by atoms with van der Waals surface area (Å²) in [6.45, 7) is 29.2. The van der Waals surface area contributed by atoms with Crippen molar-refractivity contribution in [3.8, 4) is 0 Å². The Balaban J connectivity index is -0.000000211. The third-order valence-corrected chi connectivity index (χ3v) is 14.9. The van der Waals surface area contributed by atoms with E-state index in [1.165, 1.54) is 88.9 Å². The maximum absolute atomic E-state index is 12.3. The van der Waals surface area contributed by atoms with Crippen molar-refractivity contribution in [3.63, 3.8) is 0 Å². The predicted molar refractivity (Wildman–Crippen MR) is 322 cm³/mol. The molecule has 0 aliphatic rings. The molecule has 4 N–H and O–H groups in total. The first-order chi connectivity index (χ1) is 35.9. The molecule has 0 fully saturated rings. The number of unbranched alkanes of at least 4 members (excludes halogenated alkanes) is 7. The van der Waals surface area contributed by atoms with Gasteiger partial charge in [-0.1, -0.05) is 26.3 Å². The summed E-state index contributed by atoms with van der Waals surface area (Å²) < 4.78 is 5.54. The number of carbonyl (C=O) groups is 6. The number of halogens is 6. The van der Waals surface area contributed by atoms with Crippen LogP contribution in [0.3, 0.4) is 0 Å². The second kappa shape index (κ2) is 55.0. The number of quaternary nitrogens is 6. The van der Waals surface area contributed by atoms with Crippen LogP contribution in [0.5, 0.6) is 0 Å². The smallest absolute Gasteiger partial charge is 0.243 e. The van der Waals surface area contributed by atoms with Gasteiger partial charge in [0.15, 0.2) is 11.6 Å². The van der Waals surface area contributed by atoms with E-state index in [9.17, 15) is 28.8 Å². The molecular weight excluding hydrogens is 1180 g/mol. The second-order valence-corrected chi connectivity index (χ2v) is 25.6. The number of rotatable bonds is 49. The minimum Gasteiger partial charge on any atom is -1.00 e. The van der Waals surface area contributed by atoms with Crippen LogP contribution in [-0.4, -0.2) is 251 Å². The lowest BCUT2D eigenvalue weighted by atomic mass is 10.1. The van der Waals surface area contributed by atoms with Crippen LogP contribution in [0.1, 0.15) is 122 Å². The van der Waals surface area contributed by atoms with E-state index in [0.717, 1.165) is 150 Å². The van der Waals surface area contributed by atoms with Gasteiger partial charge in [-0.25, -0.2) is 0 Å². The van der Waals surface area contributed by atoms with Crippen LogP contribution >= 0.6 is 0 Å². The molecule has 22 heteroatoms. The van der Waals surface area contributed by atoms with E-state index in [2.05, 4.69) is 132 Å². The van der Waals surface area contributed by atoms with Gasteiger partial charge in [0.25, 0.3) is 0 Å². The quantitative estimate of drug-likeness (QED) is 0.0271. The normalized spacial score (nSPS) is 11.3. The van der Waals surface area contributed by atoms with Gasteiger partial charge >= 0.3 is 0 Å². The minimum atomic E-state index is -0.141. The monoisotopic (exact) mass is 1300 g/mol. The number of hydrogen-bond acceptors (Lipinski definition) is 6. The Kier molecular flexibility index (Phi) is 64.3. The van der Waals surface area contributed by atoms with Crippen LogP contribution in [-0.2, 0) is 28.8 Å². The highest BCUT2D eigenvalue weighted by Crippen LogP contribution is 2.13. The van der Waals surface area contributed by atoms with Crippen LogP contribution in [0.2, 0.25) is 0 Å². The Labute approximate surface area is 545 Å². The van der Waals surface area contributed by atoms with E-state index in [-0.39, 0.29) is 110 Å². The van der Waals surface area contributed by atoms with E-state index in [4.69, 9.17) is 0 Å². The molecule has 0 aromatic heterocycles. The zero-order valence-corrected chi connectivity index (χ0v) is 58.8. The molecule has 0 rings (SSSR count). The lowest BCUT2D eigenvalue weighted by molar-refractivity contribution is -0.892. The van der Waals surface area contributed by atoms with Crippen molar-refractivity contribution >= 4 is 35.2 Å². The SMILES string of the molecule is C=CC(=O)CCCC[N+](C)(C)CCCCCC[N+](C)(C)CCCNC(=O)CC[N+](C)(C)CCCNC(=O)C=C.C=CC(=O)CCCC[N+](C)(C)CCCCC[N+](C)(C)CCCNC(=O)CC[N+](C)(C)CCCNC(=O)C=C.[Cl-].[Cl-].[Cl-].[Cl-].[Cl-].[Cl-]. The van der Waals surface area contributed by atoms with Crippen LogP contribution in [0, 0.1) is 0 Å². The molecule has 494 valence electrons. The average molecular weight is 1300 g/mol. The number of amides is 4. The fourth-order valence-corrected chi connectivity index (χ4v) is 9.28. The molecule has 0 aromatic carbocycles. The number of nitrogens with one attached hydrogen (secondary N) is 4. The van der Waals surface area contributed by atoms with Gasteiger partial charge in [-0.3, -0.25) is 28.8 Å². The molecule has 4 amide bonds. The van der Waals surface area contributed by atoms with Gasteiger partial charge in [-0.05, 0) is 94.9 Å². The number of carbonyl (C=O) groups excluding carboxylic acids is 6. The van der Waals surface area contributed by atoms with E-state index < -0.39 is 0 Å². The summed E-state index contributed by atoms with van der Waals surface area (Å²) in [7, 11) is 26.8. The van der Waals surface area contributed by atoms with Crippen LogP contribution in [0.15, 0.2) is 50.6 Å². The third kappa shape index (κ3) is 64.0. The molecule has 0 aliphatic carbocycles. The van der Waals surface area contributed by atoms with Gasteiger partial charge in [0.05, 0.1) is 176 Å². The van der Waals surface area contributed by atoms with Crippen LogP contribution < -0.4 is 95.7 Å². The summed E-state index contributed by atoms with van der Waals surface area (Å²) in [5.74, 6) is 0.267. The number of nitrogens with zero attached hydrogens (tertiary/aromatic N) is 6. The molecule has 0 unspecified atom stereocenters. The summed E-state index contributed by atoms with van der Waals surface area (Å²) in [5, 5.41) is 11.8. The van der Waals surface area contributed by atoms with Gasteiger partial charge in [-0.2, -0.15) is 0 Å². The molecule has 0 radical (unpaired) electrons. The standard InChI is InChI=1S/C31H60N5O3.C30H58N5O3.6ClH/c1-9-29(37)19-13-16-25-34(3,4)23-14-11-12-15-24-35(5,6)26-18-22-33-31(39)20-28-36(7,8)27-17-21-32-30(38)10-2;1-9-28(36)18-12-15-24-33(3,4)22-13-11-14-23-34(5,6)25-17-21-32-30(38)19-27-35(7,8)26-16-20-31-29(37)10-2;;;;;;/h9-10H,1-2,11-28H2,3-8H3;9-10H,1-2,11-27H2,3-8H3;6*1H/q2*+1;;;;;;/p-2.